The van der Waals surface area contributed by atoms with Gasteiger partial charge in [-0.05, 0) is 24.6 Å². The average molecular weight is 437 g/mol. The molecule has 8 nitrogen and oxygen atoms in total. The maximum atomic E-state index is 12.0. The number of nitrogens with one attached hydrogen (secondary N) is 1. The van der Waals surface area contributed by atoms with Gasteiger partial charge in [0.2, 0.25) is 11.8 Å². The van der Waals surface area contributed by atoms with E-state index in [1.165, 1.54) is 0 Å². The molecule has 0 saturated heterocycles. The fourth-order valence-electron chi connectivity index (χ4n) is 2.94. The monoisotopic (exact) mass is 437 g/mol. The standard InChI is InChI=1S/C20H22F3N5O3/c1-13-7-14(9-26-19(13)31-6-5-30-12-20(21,22)23)10-28-11-15-16(27-28)3-4-25-17(15)8-18(29)24-2/h3-4,7,9,11H,5-6,8,10,12H2,1-2H3,(H,24,29). The van der Waals surface area contributed by atoms with Crippen LogP contribution < -0.4 is 10.1 Å². The van der Waals surface area contributed by atoms with Gasteiger partial charge < -0.3 is 14.8 Å². The fraction of sp³-hybridized carbons (Fsp3) is 0.400. The number of ether oxygens (including phenoxy) is 2. The van der Waals surface area contributed by atoms with Crippen LogP contribution in [0.3, 0.4) is 0 Å². The van der Waals surface area contributed by atoms with Crippen LogP contribution in [0.1, 0.15) is 16.8 Å². The van der Waals surface area contributed by atoms with E-state index >= 15 is 0 Å². The Kier molecular flexibility index (Phi) is 7.06. The van der Waals surface area contributed by atoms with Crippen LogP contribution in [0, 0.1) is 6.92 Å². The number of hydrogen-bond donors (Lipinski definition) is 1. The van der Waals surface area contributed by atoms with Crippen molar-refractivity contribution in [1.82, 2.24) is 25.1 Å². The molecule has 31 heavy (non-hydrogen) atoms. The second-order valence-corrected chi connectivity index (χ2v) is 6.85. The van der Waals surface area contributed by atoms with Gasteiger partial charge in [-0.15, -0.1) is 0 Å². The quantitative estimate of drug-likeness (QED) is 0.517. The molecule has 0 radical (unpaired) electrons. The van der Waals surface area contributed by atoms with Crippen molar-refractivity contribution in [1.29, 1.82) is 0 Å². The average Bonchev–Trinajstić information content (AvgIpc) is 3.11. The first-order valence-electron chi connectivity index (χ1n) is 9.49. The van der Waals surface area contributed by atoms with Crippen molar-refractivity contribution in [2.75, 3.05) is 26.9 Å². The number of hydrogen-bond acceptors (Lipinski definition) is 6. The zero-order chi connectivity index (χ0) is 22.4. The lowest BCUT2D eigenvalue weighted by atomic mass is 10.2. The number of carbonyl (C=O) groups excluding carboxylic acids is 1. The van der Waals surface area contributed by atoms with E-state index in [1.54, 1.807) is 37.1 Å². The summed E-state index contributed by atoms with van der Waals surface area (Å²) in [7, 11) is 1.57. The summed E-state index contributed by atoms with van der Waals surface area (Å²) in [5.41, 5.74) is 2.99. The highest BCUT2D eigenvalue weighted by Crippen LogP contribution is 2.19. The number of aryl methyl sites for hydroxylation is 1. The van der Waals surface area contributed by atoms with Gasteiger partial charge in [0.15, 0.2) is 0 Å². The number of halogens is 3. The van der Waals surface area contributed by atoms with Gasteiger partial charge in [0.05, 0.1) is 30.8 Å². The number of likely N-dealkylation sites (N-methyl/N-ethyl adjacent to an activating group) is 1. The molecular weight excluding hydrogens is 415 g/mol. The third-order valence-electron chi connectivity index (χ3n) is 4.33. The zero-order valence-corrected chi connectivity index (χ0v) is 17.1. The van der Waals surface area contributed by atoms with Gasteiger partial charge in [-0.1, -0.05) is 0 Å². The number of aromatic nitrogens is 4. The molecule has 11 heteroatoms. The number of rotatable bonds is 9. The van der Waals surface area contributed by atoms with Crippen LogP contribution in [0.2, 0.25) is 0 Å². The van der Waals surface area contributed by atoms with E-state index in [2.05, 4.69) is 25.1 Å². The van der Waals surface area contributed by atoms with E-state index in [0.717, 1.165) is 22.0 Å². The van der Waals surface area contributed by atoms with Crippen molar-refractivity contribution >= 4 is 16.8 Å². The van der Waals surface area contributed by atoms with Crippen LogP contribution in [-0.4, -0.2) is 58.7 Å². The maximum Gasteiger partial charge on any atom is 0.411 e. The summed E-state index contributed by atoms with van der Waals surface area (Å²) in [6.07, 6.45) is 0.882. The molecule has 3 aromatic heterocycles. The Morgan fingerprint density at radius 1 is 1.26 bits per heavy atom. The van der Waals surface area contributed by atoms with Crippen LogP contribution in [0.5, 0.6) is 5.88 Å². The Morgan fingerprint density at radius 3 is 2.77 bits per heavy atom. The van der Waals surface area contributed by atoms with E-state index < -0.39 is 12.8 Å². The fourth-order valence-corrected chi connectivity index (χ4v) is 2.94. The van der Waals surface area contributed by atoms with Crippen LogP contribution in [0.15, 0.2) is 30.7 Å². The highest BCUT2D eigenvalue weighted by molar-refractivity contribution is 5.86. The van der Waals surface area contributed by atoms with Crippen molar-refractivity contribution in [2.45, 2.75) is 26.1 Å². The molecule has 0 aliphatic heterocycles. The van der Waals surface area contributed by atoms with Crippen LogP contribution >= 0.6 is 0 Å². The summed E-state index contributed by atoms with van der Waals surface area (Å²) in [4.78, 5) is 20.2. The van der Waals surface area contributed by atoms with Crippen molar-refractivity contribution in [3.05, 3.63) is 47.5 Å². The van der Waals surface area contributed by atoms with Crippen molar-refractivity contribution < 1.29 is 27.4 Å². The molecule has 0 aliphatic rings. The largest absolute Gasteiger partial charge is 0.475 e. The lowest BCUT2D eigenvalue weighted by molar-refractivity contribution is -0.175. The number of fused-ring (bicyclic) bond motifs is 1. The highest BCUT2D eigenvalue weighted by atomic mass is 19.4. The van der Waals surface area contributed by atoms with Gasteiger partial charge >= 0.3 is 6.18 Å². The maximum absolute atomic E-state index is 12.0. The van der Waals surface area contributed by atoms with E-state index in [1.807, 2.05) is 12.3 Å². The van der Waals surface area contributed by atoms with Gasteiger partial charge in [-0.2, -0.15) is 18.3 Å². The number of amides is 1. The molecule has 1 amide bonds. The molecule has 0 saturated carbocycles. The molecule has 0 atom stereocenters. The Bertz CT molecular complexity index is 1050. The second kappa shape index (κ2) is 9.73. The molecule has 3 rings (SSSR count). The van der Waals surface area contributed by atoms with Crippen LogP contribution in [-0.2, 0) is 22.5 Å². The summed E-state index contributed by atoms with van der Waals surface area (Å²) in [6, 6.07) is 3.65. The topological polar surface area (TPSA) is 91.2 Å². The van der Waals surface area contributed by atoms with E-state index in [-0.39, 0.29) is 25.5 Å². The van der Waals surface area contributed by atoms with Crippen molar-refractivity contribution in [2.24, 2.45) is 0 Å². The first-order chi connectivity index (χ1) is 14.7. The smallest absolute Gasteiger partial charge is 0.411 e. The van der Waals surface area contributed by atoms with Gasteiger partial charge in [0.1, 0.15) is 13.2 Å². The first-order valence-corrected chi connectivity index (χ1v) is 9.49. The molecule has 0 unspecified atom stereocenters. The predicted molar refractivity (Wildman–Crippen MR) is 106 cm³/mol. The number of nitrogens with zero attached hydrogens (tertiary/aromatic N) is 4. The lowest BCUT2D eigenvalue weighted by Crippen LogP contribution is -2.20. The van der Waals surface area contributed by atoms with E-state index in [0.29, 0.717) is 18.1 Å². The Labute approximate surface area is 176 Å². The number of carbonyl (C=O) groups is 1. The highest BCUT2D eigenvalue weighted by Gasteiger charge is 2.27. The summed E-state index contributed by atoms with van der Waals surface area (Å²) >= 11 is 0. The molecule has 3 heterocycles. The van der Waals surface area contributed by atoms with E-state index in [4.69, 9.17) is 4.74 Å². The van der Waals surface area contributed by atoms with Gasteiger partial charge in [-0.3, -0.25) is 14.5 Å². The molecule has 166 valence electrons. The summed E-state index contributed by atoms with van der Waals surface area (Å²) < 4.78 is 47.8. The Morgan fingerprint density at radius 2 is 2.06 bits per heavy atom. The van der Waals surface area contributed by atoms with E-state index in [9.17, 15) is 18.0 Å². The molecule has 0 spiro atoms. The zero-order valence-electron chi connectivity index (χ0n) is 17.1. The number of alkyl halides is 3. The lowest BCUT2D eigenvalue weighted by Gasteiger charge is -2.11. The van der Waals surface area contributed by atoms with Gasteiger partial charge in [0, 0.05) is 36.6 Å². The summed E-state index contributed by atoms with van der Waals surface area (Å²) in [5.74, 6) is 0.203. The van der Waals surface area contributed by atoms with Gasteiger partial charge in [-0.25, -0.2) is 4.98 Å². The van der Waals surface area contributed by atoms with Crippen molar-refractivity contribution in [3.63, 3.8) is 0 Å². The molecule has 0 fully saturated rings. The minimum atomic E-state index is -4.35. The second-order valence-electron chi connectivity index (χ2n) is 6.85. The predicted octanol–water partition coefficient (Wildman–Crippen LogP) is 2.43. The third kappa shape index (κ3) is 6.38. The Hall–Kier alpha value is -3.21. The Balaban J connectivity index is 1.62. The van der Waals surface area contributed by atoms with Gasteiger partial charge in [0.25, 0.3) is 0 Å². The summed E-state index contributed by atoms with van der Waals surface area (Å²) in [5, 5.41) is 7.90. The minimum absolute atomic E-state index is 0.0328. The first kappa shape index (κ1) is 22.5. The molecule has 0 aromatic carbocycles. The molecule has 0 bridgehead atoms. The molecule has 3 aromatic rings. The molecule has 0 aliphatic carbocycles. The SMILES string of the molecule is CNC(=O)Cc1nccc2nn(Cc3cnc(OCCOCC(F)(F)F)c(C)c3)cc12. The number of pyridine rings is 2. The van der Waals surface area contributed by atoms with Crippen LogP contribution in [0.4, 0.5) is 13.2 Å². The molecule has 1 N–H and O–H groups in total. The normalized spacial score (nSPS) is 11.6. The summed E-state index contributed by atoms with van der Waals surface area (Å²) in [6.45, 7) is 0.716. The minimum Gasteiger partial charge on any atom is -0.475 e. The van der Waals surface area contributed by atoms with Crippen molar-refractivity contribution in [3.8, 4) is 5.88 Å². The van der Waals surface area contributed by atoms with Crippen LogP contribution in [0.25, 0.3) is 10.9 Å². The third-order valence-corrected chi connectivity index (χ3v) is 4.33. The molecular formula is C20H22F3N5O3.